The van der Waals surface area contributed by atoms with Crippen molar-refractivity contribution in [1.82, 2.24) is 4.98 Å². The molecule has 0 aromatic carbocycles. The van der Waals surface area contributed by atoms with Crippen LogP contribution in [-0.2, 0) is 11.2 Å². The van der Waals surface area contributed by atoms with Gasteiger partial charge in [0.15, 0.2) is 0 Å². The van der Waals surface area contributed by atoms with E-state index in [9.17, 15) is 4.79 Å². The van der Waals surface area contributed by atoms with E-state index in [0.717, 1.165) is 15.8 Å². The second-order valence-corrected chi connectivity index (χ2v) is 5.70. The molecule has 0 aliphatic carbocycles. The van der Waals surface area contributed by atoms with Gasteiger partial charge in [-0.15, -0.1) is 11.3 Å². The van der Waals surface area contributed by atoms with Gasteiger partial charge in [-0.2, -0.15) is 11.8 Å². The number of hydrogen-bond acceptors (Lipinski definition) is 5. The Morgan fingerprint density at radius 1 is 1.64 bits per heavy atom. The maximum Gasteiger partial charge on any atom is 0.309 e. The number of aliphatic carboxylic acids is 1. The number of carboxylic acid groups (broad SMARTS) is 1. The number of carboxylic acids is 1. The highest BCUT2D eigenvalue weighted by atomic mass is 32.2. The molecule has 0 aliphatic rings. The van der Waals surface area contributed by atoms with Crippen LogP contribution in [-0.4, -0.2) is 33.8 Å². The van der Waals surface area contributed by atoms with Gasteiger partial charge in [-0.1, -0.05) is 11.8 Å². The summed E-state index contributed by atoms with van der Waals surface area (Å²) >= 11 is 5.01. The zero-order valence-corrected chi connectivity index (χ0v) is 10.2. The minimum absolute atomic E-state index is 0.0274. The van der Waals surface area contributed by atoms with Crippen molar-refractivity contribution in [3.8, 4) is 0 Å². The fraction of sp³-hybridized carbons (Fsp3) is 0.500. The molecule has 6 heteroatoms. The topological polar surface area (TPSA) is 50.2 Å². The van der Waals surface area contributed by atoms with Gasteiger partial charge in [0.05, 0.1) is 12.1 Å². The van der Waals surface area contributed by atoms with Crippen LogP contribution >= 0.6 is 34.9 Å². The lowest BCUT2D eigenvalue weighted by molar-refractivity contribution is -0.136. The molecule has 0 bridgehead atoms. The number of aromatic nitrogens is 1. The molecule has 0 spiro atoms. The summed E-state index contributed by atoms with van der Waals surface area (Å²) in [5.41, 5.74) is 0.661. The molecule has 1 rings (SSSR count). The van der Waals surface area contributed by atoms with E-state index in [1.165, 1.54) is 11.3 Å². The average molecular weight is 249 g/mol. The Morgan fingerprint density at radius 2 is 2.43 bits per heavy atom. The Morgan fingerprint density at radius 3 is 3.07 bits per heavy atom. The van der Waals surface area contributed by atoms with Gasteiger partial charge in [0.1, 0.15) is 4.34 Å². The molecule has 0 saturated heterocycles. The fourth-order valence-corrected chi connectivity index (χ4v) is 3.37. The van der Waals surface area contributed by atoms with Crippen LogP contribution in [0.5, 0.6) is 0 Å². The largest absolute Gasteiger partial charge is 0.481 e. The Labute approximate surface area is 95.3 Å². The molecule has 0 amide bonds. The molecule has 1 N–H and O–H groups in total. The minimum atomic E-state index is -0.823. The Kier molecular flexibility index (Phi) is 5.36. The molecule has 1 heterocycles. The van der Waals surface area contributed by atoms with Crippen LogP contribution < -0.4 is 0 Å². The first-order valence-electron chi connectivity index (χ1n) is 4.00. The van der Waals surface area contributed by atoms with Crippen molar-refractivity contribution in [2.45, 2.75) is 10.8 Å². The molecule has 1 aromatic rings. The average Bonchev–Trinajstić information content (AvgIpc) is 2.52. The van der Waals surface area contributed by atoms with Crippen molar-refractivity contribution in [2.75, 3.05) is 17.8 Å². The summed E-state index contributed by atoms with van der Waals surface area (Å²) < 4.78 is 0.968. The Hall–Kier alpha value is -0.200. The second kappa shape index (κ2) is 6.31. The summed E-state index contributed by atoms with van der Waals surface area (Å²) in [7, 11) is 0. The molecule has 14 heavy (non-hydrogen) atoms. The number of hydrogen-bond donors (Lipinski definition) is 1. The lowest BCUT2D eigenvalue weighted by Gasteiger charge is -1.93. The first-order valence-corrected chi connectivity index (χ1v) is 7.26. The van der Waals surface area contributed by atoms with Gasteiger partial charge >= 0.3 is 5.97 Å². The van der Waals surface area contributed by atoms with Crippen molar-refractivity contribution in [2.24, 2.45) is 0 Å². The molecule has 0 aliphatic heterocycles. The highest BCUT2D eigenvalue weighted by molar-refractivity contribution is 8.03. The van der Waals surface area contributed by atoms with Gasteiger partial charge in [-0.05, 0) is 6.26 Å². The van der Waals surface area contributed by atoms with Crippen LogP contribution in [0.2, 0.25) is 0 Å². The molecular formula is C8H11NO2S3. The molecular weight excluding hydrogens is 238 g/mol. The smallest absolute Gasteiger partial charge is 0.309 e. The van der Waals surface area contributed by atoms with Crippen molar-refractivity contribution in [3.63, 3.8) is 0 Å². The Bertz CT molecular complexity index is 301. The molecule has 0 saturated carbocycles. The molecule has 0 atom stereocenters. The Balaban J connectivity index is 2.38. The van der Waals surface area contributed by atoms with Gasteiger partial charge < -0.3 is 5.11 Å². The predicted molar refractivity (Wildman–Crippen MR) is 62.6 cm³/mol. The quantitative estimate of drug-likeness (QED) is 0.619. The second-order valence-electron chi connectivity index (χ2n) is 2.52. The van der Waals surface area contributed by atoms with Crippen LogP contribution in [0, 0.1) is 0 Å². The monoisotopic (exact) mass is 249 g/mol. The third-order valence-electron chi connectivity index (χ3n) is 1.38. The first kappa shape index (κ1) is 11.9. The van der Waals surface area contributed by atoms with E-state index in [1.54, 1.807) is 23.5 Å². The number of nitrogens with zero attached hydrogens (tertiary/aromatic N) is 1. The lowest BCUT2D eigenvalue weighted by atomic mass is 10.3. The summed E-state index contributed by atoms with van der Waals surface area (Å²) in [6, 6.07) is 0. The van der Waals surface area contributed by atoms with Gasteiger partial charge in [-0.3, -0.25) is 4.79 Å². The lowest BCUT2D eigenvalue weighted by Crippen LogP contribution is -1.99. The maximum absolute atomic E-state index is 10.4. The third-order valence-corrected chi connectivity index (χ3v) is 4.32. The summed E-state index contributed by atoms with van der Waals surface area (Å²) in [4.78, 5) is 14.6. The van der Waals surface area contributed by atoms with Gasteiger partial charge in [0, 0.05) is 16.9 Å². The van der Waals surface area contributed by atoms with Crippen LogP contribution in [0.1, 0.15) is 5.69 Å². The number of thioether (sulfide) groups is 2. The number of thiazole rings is 1. The predicted octanol–water partition coefficient (Wildman–Crippen LogP) is 2.23. The molecule has 1 aromatic heterocycles. The van der Waals surface area contributed by atoms with Crippen molar-refractivity contribution in [3.05, 3.63) is 11.1 Å². The molecule has 0 unspecified atom stereocenters. The van der Waals surface area contributed by atoms with Gasteiger partial charge in [0.2, 0.25) is 0 Å². The third kappa shape index (κ3) is 4.34. The van der Waals surface area contributed by atoms with Crippen molar-refractivity contribution < 1.29 is 9.90 Å². The highest BCUT2D eigenvalue weighted by Crippen LogP contribution is 2.23. The van der Waals surface area contributed by atoms with E-state index < -0.39 is 5.97 Å². The normalized spacial score (nSPS) is 10.4. The molecule has 3 nitrogen and oxygen atoms in total. The molecule has 0 fully saturated rings. The van der Waals surface area contributed by atoms with E-state index >= 15 is 0 Å². The zero-order chi connectivity index (χ0) is 10.4. The summed E-state index contributed by atoms with van der Waals surface area (Å²) in [5.74, 6) is 1.30. The van der Waals surface area contributed by atoms with E-state index in [-0.39, 0.29) is 6.42 Å². The van der Waals surface area contributed by atoms with Crippen molar-refractivity contribution >= 4 is 40.8 Å². The van der Waals surface area contributed by atoms with Crippen LogP contribution in [0.15, 0.2) is 9.72 Å². The van der Waals surface area contributed by atoms with Crippen LogP contribution in [0.25, 0.3) is 0 Å². The summed E-state index contributed by atoms with van der Waals surface area (Å²) in [6.07, 6.45) is 2.10. The summed E-state index contributed by atoms with van der Waals surface area (Å²) in [5, 5.41) is 10.4. The fourth-order valence-electron chi connectivity index (χ4n) is 0.803. The van der Waals surface area contributed by atoms with E-state index in [1.807, 2.05) is 5.38 Å². The van der Waals surface area contributed by atoms with Gasteiger partial charge in [0.25, 0.3) is 0 Å². The summed E-state index contributed by atoms with van der Waals surface area (Å²) in [6.45, 7) is 0. The number of carbonyl (C=O) groups is 1. The van der Waals surface area contributed by atoms with Gasteiger partial charge in [-0.25, -0.2) is 4.98 Å². The van der Waals surface area contributed by atoms with Crippen LogP contribution in [0.3, 0.4) is 0 Å². The van der Waals surface area contributed by atoms with E-state index in [4.69, 9.17) is 5.11 Å². The number of rotatable bonds is 6. The maximum atomic E-state index is 10.4. The zero-order valence-electron chi connectivity index (χ0n) is 7.73. The minimum Gasteiger partial charge on any atom is -0.481 e. The molecule has 78 valence electrons. The first-order chi connectivity index (χ1) is 6.72. The molecule has 0 radical (unpaired) electrons. The highest BCUT2D eigenvalue weighted by Gasteiger charge is 2.05. The van der Waals surface area contributed by atoms with Crippen LogP contribution in [0.4, 0.5) is 0 Å². The van der Waals surface area contributed by atoms with Crippen molar-refractivity contribution in [1.29, 1.82) is 0 Å². The van der Waals surface area contributed by atoms with E-state index in [0.29, 0.717) is 5.69 Å². The van der Waals surface area contributed by atoms with E-state index in [2.05, 4.69) is 11.2 Å². The standard InChI is InChI=1S/C8H11NO2S3/c1-12-2-3-13-8-9-6(5-14-8)4-7(10)11/h5H,2-4H2,1H3,(H,10,11). The SMILES string of the molecule is CSCCSc1nc(CC(=O)O)cs1.